The van der Waals surface area contributed by atoms with Crippen LogP contribution in [0.4, 0.5) is 0 Å². The maximum atomic E-state index is 11.5. The molecule has 0 saturated carbocycles. The van der Waals surface area contributed by atoms with Crippen molar-refractivity contribution in [3.8, 4) is 0 Å². The lowest BCUT2D eigenvalue weighted by atomic mass is 10.1. The van der Waals surface area contributed by atoms with Crippen molar-refractivity contribution in [2.45, 2.75) is 45.3 Å². The molecule has 0 amide bonds. The Labute approximate surface area is 103 Å². The van der Waals surface area contributed by atoms with E-state index in [2.05, 4.69) is 4.74 Å². The van der Waals surface area contributed by atoms with E-state index >= 15 is 0 Å². The summed E-state index contributed by atoms with van der Waals surface area (Å²) in [4.78, 5) is 24.7. The van der Waals surface area contributed by atoms with Crippen molar-refractivity contribution in [3.05, 3.63) is 0 Å². The van der Waals surface area contributed by atoms with Crippen LogP contribution >= 0.6 is 0 Å². The average Bonchev–Trinajstić information content (AvgIpc) is 2.14. The summed E-state index contributed by atoms with van der Waals surface area (Å²) < 4.78 is 9.85. The van der Waals surface area contributed by atoms with Crippen LogP contribution in [0.1, 0.15) is 33.6 Å². The molecule has 0 fully saturated rings. The van der Waals surface area contributed by atoms with Crippen LogP contribution in [0.3, 0.4) is 0 Å². The minimum atomic E-state index is -0.490. The van der Waals surface area contributed by atoms with Gasteiger partial charge in [0.1, 0.15) is 11.6 Å². The van der Waals surface area contributed by atoms with Gasteiger partial charge in [0.2, 0.25) is 0 Å². The van der Waals surface area contributed by atoms with Crippen LogP contribution in [0.15, 0.2) is 0 Å². The van der Waals surface area contributed by atoms with E-state index in [0.717, 1.165) is 0 Å². The quantitative estimate of drug-likeness (QED) is 0.681. The Morgan fingerprint density at radius 1 is 1.24 bits per heavy atom. The molecule has 0 rings (SSSR count). The predicted molar refractivity (Wildman–Crippen MR) is 64.6 cm³/mol. The maximum absolute atomic E-state index is 11.5. The zero-order valence-corrected chi connectivity index (χ0v) is 11.6. The van der Waals surface area contributed by atoms with Gasteiger partial charge in [-0.2, -0.15) is 0 Å². The number of nitrogens with zero attached hydrogens (tertiary/aromatic N) is 1. The number of hydrogen-bond donors (Lipinski definition) is 0. The number of carbonyl (C=O) groups excluding carboxylic acids is 2. The summed E-state index contributed by atoms with van der Waals surface area (Å²) in [7, 11) is 4.89. The van der Waals surface area contributed by atoms with Crippen LogP contribution in [0, 0.1) is 0 Å². The number of rotatable bonds is 5. The van der Waals surface area contributed by atoms with Gasteiger partial charge in [-0.25, -0.2) is 0 Å². The van der Waals surface area contributed by atoms with Crippen molar-refractivity contribution in [2.24, 2.45) is 0 Å². The third kappa shape index (κ3) is 6.94. The van der Waals surface area contributed by atoms with Gasteiger partial charge in [-0.3, -0.25) is 14.5 Å². The lowest BCUT2D eigenvalue weighted by Crippen LogP contribution is -2.37. The minimum Gasteiger partial charge on any atom is -0.468 e. The van der Waals surface area contributed by atoms with E-state index < -0.39 is 11.6 Å². The summed E-state index contributed by atoms with van der Waals surface area (Å²) in [6, 6.07) is -0.410. The molecule has 0 saturated heterocycles. The van der Waals surface area contributed by atoms with Gasteiger partial charge in [0, 0.05) is 6.42 Å². The van der Waals surface area contributed by atoms with E-state index in [1.807, 2.05) is 20.8 Å². The van der Waals surface area contributed by atoms with Gasteiger partial charge in [0.05, 0.1) is 7.11 Å². The summed E-state index contributed by atoms with van der Waals surface area (Å²) >= 11 is 0. The minimum absolute atomic E-state index is 0.204. The van der Waals surface area contributed by atoms with Crippen LogP contribution in [0.5, 0.6) is 0 Å². The zero-order valence-electron chi connectivity index (χ0n) is 11.6. The molecule has 0 aromatic carbocycles. The highest BCUT2D eigenvalue weighted by atomic mass is 16.6. The van der Waals surface area contributed by atoms with Gasteiger partial charge in [0.15, 0.2) is 0 Å². The van der Waals surface area contributed by atoms with Crippen LogP contribution in [-0.2, 0) is 19.1 Å². The first-order chi connectivity index (χ1) is 7.67. The zero-order chi connectivity index (χ0) is 13.6. The second-order valence-corrected chi connectivity index (χ2v) is 5.13. The monoisotopic (exact) mass is 245 g/mol. The van der Waals surface area contributed by atoms with Gasteiger partial charge in [-0.1, -0.05) is 0 Å². The van der Waals surface area contributed by atoms with E-state index in [1.165, 1.54) is 7.11 Å². The van der Waals surface area contributed by atoms with Gasteiger partial charge in [-0.05, 0) is 41.3 Å². The fourth-order valence-corrected chi connectivity index (χ4v) is 1.37. The summed E-state index contributed by atoms with van der Waals surface area (Å²) in [5, 5.41) is 0. The van der Waals surface area contributed by atoms with Gasteiger partial charge < -0.3 is 9.47 Å². The molecule has 0 N–H and O–H groups in total. The molecule has 0 aromatic rings. The fraction of sp³-hybridized carbons (Fsp3) is 0.833. The number of methoxy groups -OCH3 is 1. The largest absolute Gasteiger partial charge is 0.468 e. The Morgan fingerprint density at radius 3 is 2.12 bits per heavy atom. The molecule has 0 radical (unpaired) electrons. The van der Waals surface area contributed by atoms with Crippen molar-refractivity contribution < 1.29 is 19.1 Å². The molecular formula is C12H23NO4. The van der Waals surface area contributed by atoms with E-state index in [4.69, 9.17) is 4.74 Å². The van der Waals surface area contributed by atoms with E-state index in [9.17, 15) is 9.59 Å². The Kier molecular flexibility index (Phi) is 6.16. The maximum Gasteiger partial charge on any atom is 0.323 e. The standard InChI is InChI=1S/C12H23NO4/c1-12(2,3)17-10(14)8-7-9(13(4)5)11(15)16-6/h9H,7-8H2,1-6H3. The fourth-order valence-electron chi connectivity index (χ4n) is 1.37. The molecule has 100 valence electrons. The van der Waals surface area contributed by atoms with E-state index in [1.54, 1.807) is 19.0 Å². The third-order valence-corrected chi connectivity index (χ3v) is 2.14. The predicted octanol–water partition coefficient (Wildman–Crippen LogP) is 1.21. The summed E-state index contributed by atoms with van der Waals surface area (Å²) in [5.41, 5.74) is -0.490. The first-order valence-corrected chi connectivity index (χ1v) is 5.63. The Balaban J connectivity index is 4.23. The van der Waals surface area contributed by atoms with Crippen LogP contribution in [-0.4, -0.2) is 49.7 Å². The van der Waals surface area contributed by atoms with Crippen molar-refractivity contribution >= 4 is 11.9 Å². The number of likely N-dealkylation sites (N-methyl/N-ethyl adjacent to an activating group) is 1. The Hall–Kier alpha value is -1.10. The first kappa shape index (κ1) is 15.9. The van der Waals surface area contributed by atoms with Gasteiger partial charge in [-0.15, -0.1) is 0 Å². The molecule has 5 nitrogen and oxygen atoms in total. The molecule has 17 heavy (non-hydrogen) atoms. The summed E-state index contributed by atoms with van der Waals surface area (Å²) in [5.74, 6) is -0.633. The van der Waals surface area contributed by atoms with Crippen LogP contribution in [0.2, 0.25) is 0 Å². The highest BCUT2D eigenvalue weighted by Crippen LogP contribution is 2.12. The van der Waals surface area contributed by atoms with Gasteiger partial charge >= 0.3 is 11.9 Å². The lowest BCUT2D eigenvalue weighted by Gasteiger charge is -2.23. The molecule has 0 aromatic heterocycles. The SMILES string of the molecule is COC(=O)C(CCC(=O)OC(C)(C)C)N(C)C. The topological polar surface area (TPSA) is 55.8 Å². The highest BCUT2D eigenvalue weighted by Gasteiger charge is 2.24. The smallest absolute Gasteiger partial charge is 0.323 e. The first-order valence-electron chi connectivity index (χ1n) is 5.63. The van der Waals surface area contributed by atoms with Crippen LogP contribution < -0.4 is 0 Å². The van der Waals surface area contributed by atoms with Crippen molar-refractivity contribution in [3.63, 3.8) is 0 Å². The Morgan fingerprint density at radius 2 is 1.76 bits per heavy atom. The molecule has 0 aliphatic heterocycles. The molecular weight excluding hydrogens is 222 g/mol. The molecule has 0 bridgehead atoms. The molecule has 5 heteroatoms. The molecule has 0 aliphatic carbocycles. The highest BCUT2D eigenvalue weighted by molar-refractivity contribution is 5.77. The van der Waals surface area contributed by atoms with Crippen LogP contribution in [0.25, 0.3) is 0 Å². The lowest BCUT2D eigenvalue weighted by molar-refractivity contribution is -0.155. The number of ether oxygens (including phenoxy) is 2. The average molecular weight is 245 g/mol. The molecule has 0 aliphatic rings. The molecule has 0 spiro atoms. The number of esters is 2. The van der Waals surface area contributed by atoms with E-state index in [0.29, 0.717) is 6.42 Å². The number of carbonyl (C=O) groups is 2. The molecule has 0 heterocycles. The van der Waals surface area contributed by atoms with Crippen molar-refractivity contribution in [1.82, 2.24) is 4.90 Å². The normalized spacial score (nSPS) is 13.4. The molecule has 1 atom stereocenters. The summed E-state index contributed by atoms with van der Waals surface area (Å²) in [6.45, 7) is 5.44. The Bertz CT molecular complexity index is 268. The van der Waals surface area contributed by atoms with Gasteiger partial charge in [0.25, 0.3) is 0 Å². The summed E-state index contributed by atoms with van der Waals surface area (Å²) in [6.07, 6.45) is 0.601. The van der Waals surface area contributed by atoms with Crippen molar-refractivity contribution in [1.29, 1.82) is 0 Å². The molecule has 1 unspecified atom stereocenters. The van der Waals surface area contributed by atoms with Crippen molar-refractivity contribution in [2.75, 3.05) is 21.2 Å². The second-order valence-electron chi connectivity index (χ2n) is 5.13. The number of hydrogen-bond acceptors (Lipinski definition) is 5. The third-order valence-electron chi connectivity index (χ3n) is 2.14. The second kappa shape index (κ2) is 6.59. The van der Waals surface area contributed by atoms with E-state index in [-0.39, 0.29) is 18.4 Å².